The summed E-state index contributed by atoms with van der Waals surface area (Å²) in [7, 11) is 4.09. The lowest BCUT2D eigenvalue weighted by molar-refractivity contribution is 0.552. The summed E-state index contributed by atoms with van der Waals surface area (Å²) in [4.78, 5) is 8.75. The molecule has 0 aromatic heterocycles. The normalized spacial score (nSPS) is 11.2. The molecule has 0 spiro atoms. The van der Waals surface area contributed by atoms with Crippen LogP contribution in [0, 0.1) is 20.8 Å². The van der Waals surface area contributed by atoms with E-state index in [9.17, 15) is 0 Å². The number of nitrogens with zero attached hydrogens (tertiary/aromatic N) is 3. The quantitative estimate of drug-likeness (QED) is 0.501. The molecule has 0 N–H and O–H groups in total. The van der Waals surface area contributed by atoms with Gasteiger partial charge in [0.25, 0.3) is 0 Å². The molecular weight excluding hydrogens is 330 g/mol. The van der Waals surface area contributed by atoms with E-state index in [1.54, 1.807) is 0 Å². The maximum Gasteiger partial charge on any atom is 0.0910 e. The molecule has 0 amide bonds. The minimum Gasteiger partial charge on any atom is -0.370 e. The van der Waals surface area contributed by atoms with E-state index in [-0.39, 0.29) is 0 Å². The standard InChI is InChI=1S/C21H28ClN3/c1-7-24(5)14-23-20-11-17(4)21(12-19(20)22)25(6)13-18-9-8-15(2)16(3)10-18/h8-12,14H,7,13H2,1-6H3. The monoisotopic (exact) mass is 357 g/mol. The SMILES string of the molecule is CCN(C)C=Nc1cc(C)c(N(C)Cc2ccc(C)c(C)c2)cc1Cl. The fourth-order valence-electron chi connectivity index (χ4n) is 2.67. The molecule has 2 aromatic carbocycles. The Balaban J connectivity index is 2.22. The van der Waals surface area contributed by atoms with Crippen LogP contribution in [0.2, 0.25) is 5.02 Å². The highest BCUT2D eigenvalue weighted by atomic mass is 35.5. The molecule has 25 heavy (non-hydrogen) atoms. The molecule has 0 heterocycles. The number of halogens is 1. The van der Waals surface area contributed by atoms with E-state index in [1.165, 1.54) is 22.3 Å². The summed E-state index contributed by atoms with van der Waals surface area (Å²) in [5.41, 5.74) is 7.05. The van der Waals surface area contributed by atoms with E-state index in [2.05, 4.69) is 68.9 Å². The van der Waals surface area contributed by atoms with Gasteiger partial charge in [-0.1, -0.05) is 29.8 Å². The van der Waals surface area contributed by atoms with Gasteiger partial charge in [-0.2, -0.15) is 0 Å². The predicted octanol–water partition coefficient (Wildman–Crippen LogP) is 5.51. The van der Waals surface area contributed by atoms with E-state index in [1.807, 2.05) is 24.4 Å². The number of anilines is 1. The third kappa shape index (κ3) is 4.99. The fourth-order valence-corrected chi connectivity index (χ4v) is 2.88. The van der Waals surface area contributed by atoms with Crippen LogP contribution in [0.15, 0.2) is 35.3 Å². The number of aliphatic imine (C=N–C) groups is 1. The molecule has 2 aromatic rings. The predicted molar refractivity (Wildman–Crippen MR) is 111 cm³/mol. The second-order valence-electron chi connectivity index (χ2n) is 6.68. The van der Waals surface area contributed by atoms with E-state index >= 15 is 0 Å². The first-order valence-electron chi connectivity index (χ1n) is 8.63. The van der Waals surface area contributed by atoms with Crippen LogP contribution in [0.5, 0.6) is 0 Å². The summed E-state index contributed by atoms with van der Waals surface area (Å²) in [6.07, 6.45) is 1.82. The van der Waals surface area contributed by atoms with Crippen LogP contribution in [-0.4, -0.2) is 31.9 Å². The van der Waals surface area contributed by atoms with Crippen LogP contribution < -0.4 is 4.90 Å². The summed E-state index contributed by atoms with van der Waals surface area (Å²) in [6, 6.07) is 10.7. The summed E-state index contributed by atoms with van der Waals surface area (Å²) in [5, 5.41) is 0.674. The Hall–Kier alpha value is -2.00. The molecule has 134 valence electrons. The Morgan fingerprint density at radius 2 is 1.72 bits per heavy atom. The van der Waals surface area contributed by atoms with Gasteiger partial charge in [-0.25, -0.2) is 4.99 Å². The molecule has 0 unspecified atom stereocenters. The number of hydrogen-bond donors (Lipinski definition) is 0. The lowest BCUT2D eigenvalue weighted by Gasteiger charge is -2.23. The number of benzene rings is 2. The molecule has 0 saturated carbocycles. The summed E-state index contributed by atoms with van der Waals surface area (Å²) < 4.78 is 0. The Bertz CT molecular complexity index is 768. The minimum absolute atomic E-state index is 0.674. The fraction of sp³-hybridized carbons (Fsp3) is 0.381. The van der Waals surface area contributed by atoms with Gasteiger partial charge in [0.15, 0.2) is 0 Å². The van der Waals surface area contributed by atoms with Crippen LogP contribution in [0.1, 0.15) is 29.2 Å². The third-order valence-corrected chi connectivity index (χ3v) is 4.86. The minimum atomic E-state index is 0.674. The van der Waals surface area contributed by atoms with Crippen molar-refractivity contribution in [3.05, 3.63) is 57.6 Å². The van der Waals surface area contributed by atoms with Gasteiger partial charge in [0.1, 0.15) is 0 Å². The first-order chi connectivity index (χ1) is 11.8. The molecule has 0 fully saturated rings. The topological polar surface area (TPSA) is 18.8 Å². The summed E-state index contributed by atoms with van der Waals surface area (Å²) in [5.74, 6) is 0. The van der Waals surface area contributed by atoms with E-state index in [4.69, 9.17) is 11.6 Å². The molecule has 0 atom stereocenters. The van der Waals surface area contributed by atoms with Crippen LogP contribution in [0.3, 0.4) is 0 Å². The van der Waals surface area contributed by atoms with Gasteiger partial charge in [-0.3, -0.25) is 0 Å². The van der Waals surface area contributed by atoms with E-state index in [0.29, 0.717) is 5.02 Å². The third-order valence-electron chi connectivity index (χ3n) is 4.56. The molecular formula is C21H28ClN3. The molecule has 0 aliphatic heterocycles. The Morgan fingerprint density at radius 3 is 2.36 bits per heavy atom. The van der Waals surface area contributed by atoms with Crippen LogP contribution in [-0.2, 0) is 6.54 Å². The van der Waals surface area contributed by atoms with Crippen molar-refractivity contribution in [1.82, 2.24) is 4.90 Å². The molecule has 0 radical (unpaired) electrons. The van der Waals surface area contributed by atoms with E-state index in [0.717, 1.165) is 24.5 Å². The van der Waals surface area contributed by atoms with Gasteiger partial charge >= 0.3 is 0 Å². The maximum atomic E-state index is 6.46. The largest absolute Gasteiger partial charge is 0.370 e. The number of hydrogen-bond acceptors (Lipinski definition) is 2. The van der Waals surface area contributed by atoms with Crippen LogP contribution >= 0.6 is 11.6 Å². The average molecular weight is 358 g/mol. The zero-order valence-corrected chi connectivity index (χ0v) is 16.9. The van der Waals surface area contributed by atoms with Gasteiger partial charge < -0.3 is 9.80 Å². The Kier molecular flexibility index (Phi) is 6.49. The zero-order valence-electron chi connectivity index (χ0n) is 16.1. The summed E-state index contributed by atoms with van der Waals surface area (Å²) >= 11 is 6.46. The number of aryl methyl sites for hydroxylation is 3. The van der Waals surface area contributed by atoms with Gasteiger partial charge in [-0.05, 0) is 62.1 Å². The maximum absolute atomic E-state index is 6.46. The van der Waals surface area contributed by atoms with Gasteiger partial charge in [0.05, 0.1) is 17.0 Å². The van der Waals surface area contributed by atoms with Crippen molar-refractivity contribution in [2.24, 2.45) is 4.99 Å². The molecule has 0 aliphatic rings. The van der Waals surface area contributed by atoms with Crippen LogP contribution in [0.4, 0.5) is 11.4 Å². The highest BCUT2D eigenvalue weighted by molar-refractivity contribution is 6.33. The van der Waals surface area contributed by atoms with Crippen molar-refractivity contribution >= 4 is 29.3 Å². The van der Waals surface area contributed by atoms with Gasteiger partial charge in [0.2, 0.25) is 0 Å². The first kappa shape index (κ1) is 19.3. The highest BCUT2D eigenvalue weighted by Gasteiger charge is 2.10. The molecule has 0 aliphatic carbocycles. The average Bonchev–Trinajstić information content (AvgIpc) is 2.58. The van der Waals surface area contributed by atoms with Crippen molar-refractivity contribution in [3.63, 3.8) is 0 Å². The first-order valence-corrected chi connectivity index (χ1v) is 9.01. The lowest BCUT2D eigenvalue weighted by Crippen LogP contribution is -2.17. The van der Waals surface area contributed by atoms with Gasteiger partial charge in [-0.15, -0.1) is 0 Å². The molecule has 0 saturated heterocycles. The van der Waals surface area contributed by atoms with E-state index < -0.39 is 0 Å². The molecule has 2 rings (SSSR count). The van der Waals surface area contributed by atoms with Crippen molar-refractivity contribution in [1.29, 1.82) is 0 Å². The summed E-state index contributed by atoms with van der Waals surface area (Å²) in [6.45, 7) is 10.2. The molecule has 3 nitrogen and oxygen atoms in total. The number of rotatable bonds is 6. The van der Waals surface area contributed by atoms with Crippen LogP contribution in [0.25, 0.3) is 0 Å². The Morgan fingerprint density at radius 1 is 1.00 bits per heavy atom. The van der Waals surface area contributed by atoms with Crippen molar-refractivity contribution in [3.8, 4) is 0 Å². The molecule has 0 bridgehead atoms. The second-order valence-corrected chi connectivity index (χ2v) is 7.09. The lowest BCUT2D eigenvalue weighted by atomic mass is 10.1. The van der Waals surface area contributed by atoms with Gasteiger partial charge in [0, 0.05) is 32.9 Å². The Labute approximate surface area is 156 Å². The highest BCUT2D eigenvalue weighted by Crippen LogP contribution is 2.33. The van der Waals surface area contributed by atoms with Crippen molar-refractivity contribution in [2.45, 2.75) is 34.2 Å². The second kappa shape index (κ2) is 8.39. The zero-order chi connectivity index (χ0) is 18.6. The molecule has 4 heteroatoms. The van der Waals surface area contributed by atoms with Crippen molar-refractivity contribution < 1.29 is 0 Å². The van der Waals surface area contributed by atoms with Crippen molar-refractivity contribution in [2.75, 3.05) is 25.5 Å². The smallest absolute Gasteiger partial charge is 0.0910 e.